The second-order valence-electron chi connectivity index (χ2n) is 4.59. The molecule has 0 saturated heterocycles. The summed E-state index contributed by atoms with van der Waals surface area (Å²) in [4.78, 5) is 0. The van der Waals surface area contributed by atoms with E-state index < -0.39 is 0 Å². The number of hydrogen-bond acceptors (Lipinski definition) is 0. The van der Waals surface area contributed by atoms with E-state index in [0.29, 0.717) is 0 Å². The van der Waals surface area contributed by atoms with Gasteiger partial charge in [-0.3, -0.25) is 0 Å². The Morgan fingerprint density at radius 2 is 1.24 bits per heavy atom. The molecule has 0 bridgehead atoms. The molecule has 1 rings (SSSR count). The summed E-state index contributed by atoms with van der Waals surface area (Å²) >= 11 is 0. The van der Waals surface area contributed by atoms with Gasteiger partial charge in [0.15, 0.2) is 12.4 Å². The predicted octanol–water partition coefficient (Wildman–Crippen LogP) is 1.12. The fraction of sp³-hybridized carbons (Fsp3) is 0.667. The Labute approximate surface area is 124 Å². The van der Waals surface area contributed by atoms with Crippen LogP contribution >= 0.6 is 0 Å². The number of hydrogen-bond donors (Lipinski definition) is 0. The van der Waals surface area contributed by atoms with Crippen LogP contribution in [0.2, 0.25) is 0 Å². The van der Waals surface area contributed by atoms with Gasteiger partial charge in [0.1, 0.15) is 6.54 Å². The first kappa shape index (κ1) is 16.9. The smallest absolute Gasteiger partial charge is 0.168 e. The van der Waals surface area contributed by atoms with Gasteiger partial charge in [0.25, 0.3) is 0 Å². The van der Waals surface area contributed by atoms with E-state index in [1.54, 1.807) is 0 Å². The van der Waals surface area contributed by atoms with Crippen molar-refractivity contribution in [1.82, 2.24) is 0 Å². The highest BCUT2D eigenvalue weighted by Gasteiger charge is 1.97. The number of aromatic nitrogens is 1. The maximum atomic E-state index is 2.27. The lowest BCUT2D eigenvalue weighted by Gasteiger charge is -2.00. The van der Waals surface area contributed by atoms with E-state index in [9.17, 15) is 0 Å². The first-order valence-corrected chi connectivity index (χ1v) is 6.87. The van der Waals surface area contributed by atoms with Gasteiger partial charge in [-0.05, 0) is 6.42 Å². The van der Waals surface area contributed by atoms with E-state index >= 15 is 0 Å². The van der Waals surface area contributed by atoms with Crippen LogP contribution < -0.4 is 28.5 Å². The monoisotopic (exact) mass is 347 g/mol. The lowest BCUT2D eigenvalue weighted by molar-refractivity contribution is -0.697. The molecule has 0 aliphatic heterocycles. The molecule has 1 heterocycles. The number of pyridine rings is 1. The van der Waals surface area contributed by atoms with Crippen molar-refractivity contribution in [3.63, 3.8) is 0 Å². The highest BCUT2D eigenvalue weighted by Crippen LogP contribution is 2.08. The molecular formula is C15H26IN. The molecule has 1 aromatic rings. The van der Waals surface area contributed by atoms with Gasteiger partial charge in [0, 0.05) is 18.6 Å². The molecule has 1 aromatic heterocycles. The van der Waals surface area contributed by atoms with E-state index in [4.69, 9.17) is 0 Å². The maximum Gasteiger partial charge on any atom is 0.168 e. The fourth-order valence-electron chi connectivity index (χ4n) is 2.01. The normalized spacial score (nSPS) is 9.94. The Morgan fingerprint density at radius 3 is 1.82 bits per heavy atom. The molecule has 0 aliphatic rings. The summed E-state index contributed by atoms with van der Waals surface area (Å²) in [5, 5.41) is 0. The Kier molecular flexibility index (Phi) is 12.3. The maximum absolute atomic E-state index is 2.27. The lowest BCUT2D eigenvalue weighted by Crippen LogP contribution is -3.00. The van der Waals surface area contributed by atoms with Crippen LogP contribution in [0, 0.1) is 0 Å². The summed E-state index contributed by atoms with van der Waals surface area (Å²) < 4.78 is 2.27. The molecule has 0 unspecified atom stereocenters. The second kappa shape index (κ2) is 12.3. The van der Waals surface area contributed by atoms with Crippen LogP contribution in [0.5, 0.6) is 0 Å². The van der Waals surface area contributed by atoms with Crippen LogP contribution in [0.15, 0.2) is 30.6 Å². The summed E-state index contributed by atoms with van der Waals surface area (Å²) in [5.41, 5.74) is 0. The van der Waals surface area contributed by atoms with E-state index in [1.807, 2.05) is 0 Å². The van der Waals surface area contributed by atoms with E-state index in [-0.39, 0.29) is 24.0 Å². The minimum absolute atomic E-state index is 0. The Bertz CT molecular complexity index is 248. The van der Waals surface area contributed by atoms with Crippen molar-refractivity contribution in [2.45, 2.75) is 64.8 Å². The summed E-state index contributed by atoms with van der Waals surface area (Å²) in [6, 6.07) is 6.28. The third-order valence-electron chi connectivity index (χ3n) is 3.05. The van der Waals surface area contributed by atoms with Gasteiger partial charge < -0.3 is 24.0 Å². The van der Waals surface area contributed by atoms with Crippen molar-refractivity contribution in [2.75, 3.05) is 0 Å². The summed E-state index contributed by atoms with van der Waals surface area (Å²) in [6.07, 6.45) is 15.5. The van der Waals surface area contributed by atoms with Crippen LogP contribution in [0.3, 0.4) is 0 Å². The zero-order valence-corrected chi connectivity index (χ0v) is 13.2. The molecule has 0 spiro atoms. The van der Waals surface area contributed by atoms with Crippen molar-refractivity contribution < 1.29 is 28.5 Å². The molecule has 1 nitrogen and oxygen atoms in total. The molecule has 0 aromatic carbocycles. The van der Waals surface area contributed by atoms with E-state index in [0.717, 1.165) is 0 Å². The minimum atomic E-state index is 0. The standard InChI is InChI=1S/C15H26N.HI/c1-2-3-4-5-6-7-8-10-13-16-14-11-9-12-15-16;/h9,11-12,14-15H,2-8,10,13H2,1H3;1H/q+1;/p-1. The van der Waals surface area contributed by atoms with Gasteiger partial charge in [-0.25, -0.2) is 4.57 Å². The zero-order valence-electron chi connectivity index (χ0n) is 11.1. The molecule has 0 atom stereocenters. The topological polar surface area (TPSA) is 3.88 Å². The quantitative estimate of drug-likeness (QED) is 0.358. The molecule has 0 saturated carbocycles. The lowest BCUT2D eigenvalue weighted by atomic mass is 10.1. The van der Waals surface area contributed by atoms with Crippen LogP contribution in [0.1, 0.15) is 58.3 Å². The SMILES string of the molecule is CCCCCCCCCC[n+]1ccccc1.[I-]. The van der Waals surface area contributed by atoms with Crippen LogP contribution in [-0.4, -0.2) is 0 Å². The van der Waals surface area contributed by atoms with Crippen molar-refractivity contribution >= 4 is 0 Å². The zero-order chi connectivity index (χ0) is 11.5. The first-order valence-electron chi connectivity index (χ1n) is 6.87. The highest BCUT2D eigenvalue weighted by atomic mass is 127. The predicted molar refractivity (Wildman–Crippen MR) is 69.2 cm³/mol. The second-order valence-corrected chi connectivity index (χ2v) is 4.59. The molecule has 0 N–H and O–H groups in total. The van der Waals surface area contributed by atoms with Crippen molar-refractivity contribution in [3.8, 4) is 0 Å². The Morgan fingerprint density at radius 1 is 0.706 bits per heavy atom. The molecule has 0 aliphatic carbocycles. The summed E-state index contributed by atoms with van der Waals surface area (Å²) in [6.45, 7) is 3.45. The van der Waals surface area contributed by atoms with Crippen molar-refractivity contribution in [1.29, 1.82) is 0 Å². The van der Waals surface area contributed by atoms with Gasteiger partial charge in [-0.1, -0.05) is 51.5 Å². The number of nitrogens with zero attached hydrogens (tertiary/aromatic N) is 1. The Hall–Kier alpha value is -0.120. The van der Waals surface area contributed by atoms with Crippen LogP contribution in [-0.2, 0) is 6.54 Å². The van der Waals surface area contributed by atoms with Gasteiger partial charge in [0.2, 0.25) is 0 Å². The number of halogens is 1. The third kappa shape index (κ3) is 9.57. The van der Waals surface area contributed by atoms with Gasteiger partial charge in [-0.2, -0.15) is 0 Å². The van der Waals surface area contributed by atoms with Gasteiger partial charge in [0.05, 0.1) is 0 Å². The minimum Gasteiger partial charge on any atom is -1.00 e. The van der Waals surface area contributed by atoms with Crippen LogP contribution in [0.4, 0.5) is 0 Å². The van der Waals surface area contributed by atoms with Crippen LogP contribution in [0.25, 0.3) is 0 Å². The molecule has 0 radical (unpaired) electrons. The van der Waals surface area contributed by atoms with Crippen molar-refractivity contribution in [3.05, 3.63) is 30.6 Å². The Balaban J connectivity index is 0.00000256. The molecular weight excluding hydrogens is 321 g/mol. The number of unbranched alkanes of at least 4 members (excludes halogenated alkanes) is 7. The van der Waals surface area contributed by atoms with Gasteiger partial charge in [-0.15, -0.1) is 0 Å². The van der Waals surface area contributed by atoms with Crippen molar-refractivity contribution in [2.24, 2.45) is 0 Å². The summed E-state index contributed by atoms with van der Waals surface area (Å²) in [5.74, 6) is 0. The average Bonchev–Trinajstić information content (AvgIpc) is 2.34. The fourth-order valence-corrected chi connectivity index (χ4v) is 2.01. The number of rotatable bonds is 9. The van der Waals surface area contributed by atoms with Gasteiger partial charge >= 0.3 is 0 Å². The van der Waals surface area contributed by atoms with E-state index in [1.165, 1.54) is 57.9 Å². The van der Waals surface area contributed by atoms with E-state index in [2.05, 4.69) is 42.1 Å². The molecule has 17 heavy (non-hydrogen) atoms. The third-order valence-corrected chi connectivity index (χ3v) is 3.05. The molecule has 0 amide bonds. The molecule has 98 valence electrons. The number of aryl methyl sites for hydroxylation is 1. The summed E-state index contributed by atoms with van der Waals surface area (Å²) in [7, 11) is 0. The largest absolute Gasteiger partial charge is 1.00 e. The first-order chi connectivity index (χ1) is 7.93. The average molecular weight is 347 g/mol. The highest BCUT2D eigenvalue weighted by molar-refractivity contribution is 4.83. The molecule has 0 fully saturated rings. The molecule has 2 heteroatoms.